The van der Waals surface area contributed by atoms with Crippen molar-refractivity contribution in [2.75, 3.05) is 19.7 Å². The van der Waals surface area contributed by atoms with Crippen LogP contribution in [0.5, 0.6) is 5.75 Å². The third-order valence-electron chi connectivity index (χ3n) is 6.25. The van der Waals surface area contributed by atoms with E-state index in [1.165, 1.54) is 16.2 Å². The van der Waals surface area contributed by atoms with Crippen molar-refractivity contribution in [1.29, 1.82) is 0 Å². The maximum absolute atomic E-state index is 12.9. The normalized spacial score (nSPS) is 21.9. The van der Waals surface area contributed by atoms with Crippen LogP contribution in [0.2, 0.25) is 0 Å². The van der Waals surface area contributed by atoms with E-state index < -0.39 is 10.5 Å². The molecule has 3 aliphatic heterocycles. The first-order chi connectivity index (χ1) is 14.0. The molecule has 2 atom stereocenters. The second-order valence-electron chi connectivity index (χ2n) is 8.13. The fourth-order valence-electron chi connectivity index (χ4n) is 4.88. The van der Waals surface area contributed by atoms with E-state index in [0.29, 0.717) is 32.7 Å². The molecule has 1 aromatic heterocycles. The van der Waals surface area contributed by atoms with Gasteiger partial charge in [-0.3, -0.25) is 19.7 Å². The minimum absolute atomic E-state index is 0.0308. The molecular weight excluding hydrogens is 374 g/mol. The number of aromatic nitrogens is 1. The van der Waals surface area contributed by atoms with Crippen LogP contribution in [-0.2, 0) is 24.2 Å². The number of hydrogen-bond donors (Lipinski definition) is 0. The van der Waals surface area contributed by atoms with Gasteiger partial charge in [0, 0.05) is 43.7 Å². The SMILES string of the molecule is O=C(Cc1ccc2c(c1)OCC2)N1CC2C[C@@H](C1)Cn1c2ccc([N+](=O)[O-])c1=O. The van der Waals surface area contributed by atoms with Gasteiger partial charge >= 0.3 is 11.2 Å². The number of likely N-dealkylation sites (tertiary alicyclic amines) is 1. The van der Waals surface area contributed by atoms with Gasteiger partial charge in [0.05, 0.1) is 18.0 Å². The molecule has 0 radical (unpaired) electrons. The Balaban J connectivity index is 1.35. The van der Waals surface area contributed by atoms with Crippen LogP contribution in [0.3, 0.4) is 0 Å². The Bertz CT molecular complexity index is 1080. The number of rotatable bonds is 3. The monoisotopic (exact) mass is 395 g/mol. The number of pyridine rings is 1. The summed E-state index contributed by atoms with van der Waals surface area (Å²) in [5.74, 6) is 1.10. The fourth-order valence-corrected chi connectivity index (χ4v) is 4.88. The Kier molecular flexibility index (Phi) is 4.15. The number of carbonyl (C=O) groups is 1. The van der Waals surface area contributed by atoms with Crippen LogP contribution in [0.1, 0.15) is 29.2 Å². The van der Waals surface area contributed by atoms with Crippen molar-refractivity contribution < 1.29 is 14.5 Å². The average molecular weight is 395 g/mol. The first-order valence-corrected chi connectivity index (χ1v) is 9.90. The van der Waals surface area contributed by atoms with E-state index >= 15 is 0 Å². The van der Waals surface area contributed by atoms with Gasteiger partial charge < -0.3 is 14.2 Å². The second-order valence-corrected chi connectivity index (χ2v) is 8.13. The summed E-state index contributed by atoms with van der Waals surface area (Å²) < 4.78 is 7.14. The maximum Gasteiger partial charge on any atom is 0.334 e. The van der Waals surface area contributed by atoms with E-state index in [1.54, 1.807) is 6.07 Å². The topological polar surface area (TPSA) is 94.7 Å². The van der Waals surface area contributed by atoms with Gasteiger partial charge in [0.15, 0.2) is 0 Å². The standard InChI is InChI=1S/C21H21N3O5/c25-20(9-13-1-2-15-5-6-29-19(15)8-13)22-10-14-7-16(12-22)17-3-4-18(24(27)28)21(26)23(17)11-14/h1-4,8,14,16H,5-7,9-12H2/t14-,16?/m0/s1. The number of amides is 1. The van der Waals surface area contributed by atoms with Crippen LogP contribution in [0, 0.1) is 16.0 Å². The van der Waals surface area contributed by atoms with Gasteiger partial charge in [-0.1, -0.05) is 12.1 Å². The number of ether oxygens (including phenoxy) is 1. The van der Waals surface area contributed by atoms with Crippen LogP contribution in [0.4, 0.5) is 5.69 Å². The Hall–Kier alpha value is -3.16. The highest BCUT2D eigenvalue weighted by Crippen LogP contribution is 2.36. The summed E-state index contributed by atoms with van der Waals surface area (Å²) in [6, 6.07) is 8.95. The molecule has 2 aromatic rings. The Labute approximate surface area is 166 Å². The zero-order valence-electron chi connectivity index (χ0n) is 15.9. The smallest absolute Gasteiger partial charge is 0.334 e. The van der Waals surface area contributed by atoms with E-state index in [0.717, 1.165) is 29.8 Å². The summed E-state index contributed by atoms with van der Waals surface area (Å²) in [6.07, 6.45) is 2.13. The Morgan fingerprint density at radius 3 is 2.90 bits per heavy atom. The molecule has 1 saturated heterocycles. The molecule has 0 N–H and O–H groups in total. The molecule has 1 amide bonds. The van der Waals surface area contributed by atoms with E-state index in [1.807, 2.05) is 23.1 Å². The van der Waals surface area contributed by atoms with Crippen molar-refractivity contribution in [1.82, 2.24) is 9.47 Å². The number of carbonyl (C=O) groups excluding carboxylic acids is 1. The highest BCUT2D eigenvalue weighted by molar-refractivity contribution is 5.79. The van der Waals surface area contributed by atoms with Crippen LogP contribution < -0.4 is 10.3 Å². The van der Waals surface area contributed by atoms with E-state index in [-0.39, 0.29) is 23.4 Å². The summed E-state index contributed by atoms with van der Waals surface area (Å²) >= 11 is 0. The van der Waals surface area contributed by atoms with Crippen LogP contribution in [0.25, 0.3) is 0 Å². The molecule has 1 aromatic carbocycles. The van der Waals surface area contributed by atoms with Crippen molar-refractivity contribution in [3.63, 3.8) is 0 Å². The molecule has 1 fully saturated rings. The molecule has 150 valence electrons. The van der Waals surface area contributed by atoms with Gasteiger partial charge in [-0.15, -0.1) is 0 Å². The minimum Gasteiger partial charge on any atom is -0.493 e. The zero-order chi connectivity index (χ0) is 20.1. The molecule has 2 bridgehead atoms. The van der Waals surface area contributed by atoms with Gasteiger partial charge in [0.25, 0.3) is 0 Å². The van der Waals surface area contributed by atoms with E-state index in [9.17, 15) is 19.7 Å². The van der Waals surface area contributed by atoms with Crippen molar-refractivity contribution >= 4 is 11.6 Å². The molecule has 5 rings (SSSR count). The molecule has 0 saturated carbocycles. The van der Waals surface area contributed by atoms with Gasteiger partial charge in [-0.25, -0.2) is 0 Å². The van der Waals surface area contributed by atoms with Gasteiger partial charge in [0.2, 0.25) is 5.91 Å². The number of nitrogens with zero attached hydrogens (tertiary/aromatic N) is 3. The lowest BCUT2D eigenvalue weighted by molar-refractivity contribution is -0.386. The number of fused-ring (bicyclic) bond motifs is 5. The number of nitro groups is 1. The third-order valence-corrected chi connectivity index (χ3v) is 6.25. The van der Waals surface area contributed by atoms with Crippen molar-refractivity contribution in [2.45, 2.75) is 31.7 Å². The molecule has 0 spiro atoms. The molecule has 4 heterocycles. The predicted molar refractivity (Wildman–Crippen MR) is 104 cm³/mol. The summed E-state index contributed by atoms with van der Waals surface area (Å²) in [4.78, 5) is 37.7. The van der Waals surface area contributed by atoms with Gasteiger partial charge in [-0.05, 0) is 35.6 Å². The third kappa shape index (κ3) is 3.08. The summed E-state index contributed by atoms with van der Waals surface area (Å²) in [7, 11) is 0. The quantitative estimate of drug-likeness (QED) is 0.584. The lowest BCUT2D eigenvalue weighted by Gasteiger charge is -2.42. The van der Waals surface area contributed by atoms with E-state index in [2.05, 4.69) is 0 Å². The number of benzene rings is 1. The Morgan fingerprint density at radius 1 is 1.21 bits per heavy atom. The lowest BCUT2D eigenvalue weighted by Crippen LogP contribution is -2.49. The van der Waals surface area contributed by atoms with Gasteiger partial charge in [0.1, 0.15) is 5.75 Å². The second kappa shape index (κ2) is 6.72. The van der Waals surface area contributed by atoms with Crippen LogP contribution in [-0.4, -0.2) is 40.0 Å². The molecule has 1 unspecified atom stereocenters. The molecule has 8 nitrogen and oxygen atoms in total. The molecule has 29 heavy (non-hydrogen) atoms. The fraction of sp³-hybridized carbons (Fsp3) is 0.429. The van der Waals surface area contributed by atoms with Crippen molar-refractivity contribution in [2.24, 2.45) is 5.92 Å². The Morgan fingerprint density at radius 2 is 2.07 bits per heavy atom. The highest BCUT2D eigenvalue weighted by atomic mass is 16.6. The predicted octanol–water partition coefficient (Wildman–Crippen LogP) is 1.88. The summed E-state index contributed by atoms with van der Waals surface area (Å²) in [5.41, 5.74) is 1.99. The van der Waals surface area contributed by atoms with Crippen LogP contribution >= 0.6 is 0 Å². The highest BCUT2D eigenvalue weighted by Gasteiger charge is 2.37. The molecule has 3 aliphatic rings. The summed E-state index contributed by atoms with van der Waals surface area (Å²) in [5, 5.41) is 11.1. The van der Waals surface area contributed by atoms with Crippen molar-refractivity contribution in [3.8, 4) is 5.75 Å². The van der Waals surface area contributed by atoms with E-state index in [4.69, 9.17) is 4.74 Å². The minimum atomic E-state index is -0.629. The van der Waals surface area contributed by atoms with Crippen molar-refractivity contribution in [3.05, 3.63) is 67.6 Å². The average Bonchev–Trinajstić information content (AvgIpc) is 3.16. The first-order valence-electron chi connectivity index (χ1n) is 9.90. The first kappa shape index (κ1) is 17.9. The largest absolute Gasteiger partial charge is 0.493 e. The van der Waals surface area contributed by atoms with Gasteiger partial charge in [-0.2, -0.15) is 0 Å². The lowest BCUT2D eigenvalue weighted by atomic mass is 9.83. The number of piperidine rings is 1. The molecule has 0 aliphatic carbocycles. The maximum atomic E-state index is 12.9. The molecule has 8 heteroatoms. The molecular formula is C21H21N3O5. The number of hydrogen-bond acceptors (Lipinski definition) is 5. The summed E-state index contributed by atoms with van der Waals surface area (Å²) in [6.45, 7) is 2.22. The van der Waals surface area contributed by atoms with Crippen LogP contribution in [0.15, 0.2) is 35.1 Å². The zero-order valence-corrected chi connectivity index (χ0v) is 15.9.